The van der Waals surface area contributed by atoms with Crippen molar-refractivity contribution in [1.82, 2.24) is 10.6 Å². The summed E-state index contributed by atoms with van der Waals surface area (Å²) in [4.78, 5) is 4.45. The fourth-order valence-corrected chi connectivity index (χ4v) is 1.78. The van der Waals surface area contributed by atoms with Gasteiger partial charge in [-0.2, -0.15) is 0 Å². The van der Waals surface area contributed by atoms with Crippen molar-refractivity contribution in [2.75, 3.05) is 26.2 Å². The van der Waals surface area contributed by atoms with Crippen LogP contribution in [-0.4, -0.2) is 37.1 Å². The van der Waals surface area contributed by atoms with Gasteiger partial charge in [-0.05, 0) is 44.4 Å². The summed E-state index contributed by atoms with van der Waals surface area (Å²) in [5.74, 6) is 0. The molecule has 4 heteroatoms. The van der Waals surface area contributed by atoms with E-state index in [0.29, 0.717) is 0 Å². The highest BCUT2D eigenvalue weighted by Crippen LogP contribution is 2.15. The lowest BCUT2D eigenvalue weighted by atomic mass is 10.0. The first-order valence-electron chi connectivity index (χ1n) is 6.80. The van der Waals surface area contributed by atoms with E-state index in [4.69, 9.17) is 5.11 Å². The predicted octanol–water partition coefficient (Wildman–Crippen LogP) is 1.76. The normalized spacial score (nSPS) is 17.1. The summed E-state index contributed by atoms with van der Waals surface area (Å²) in [6, 6.07) is 0. The fraction of sp³-hybridized carbons (Fsp3) is 0.533. The second-order valence-corrected chi connectivity index (χ2v) is 4.69. The van der Waals surface area contributed by atoms with Crippen molar-refractivity contribution in [3.8, 4) is 0 Å². The molecule has 1 aliphatic heterocycles. The Kier molecular flexibility index (Phi) is 7.15. The first-order chi connectivity index (χ1) is 9.15. The SMILES string of the molecule is C=C(NCCCO)C(C)=N/C=C(\C)C1=CCNCC1. The predicted molar refractivity (Wildman–Crippen MR) is 81.3 cm³/mol. The van der Waals surface area contributed by atoms with Crippen molar-refractivity contribution in [3.05, 3.63) is 35.7 Å². The Hall–Kier alpha value is -1.39. The molecule has 0 radical (unpaired) electrons. The Morgan fingerprint density at radius 2 is 2.37 bits per heavy atom. The molecule has 0 aromatic heterocycles. The van der Waals surface area contributed by atoms with Crippen LogP contribution in [0.15, 0.2) is 40.7 Å². The number of hydrogen-bond donors (Lipinski definition) is 3. The first-order valence-corrected chi connectivity index (χ1v) is 6.80. The molecule has 0 aromatic rings. The summed E-state index contributed by atoms with van der Waals surface area (Å²) in [5.41, 5.74) is 4.28. The van der Waals surface area contributed by atoms with Gasteiger partial charge in [0.05, 0.1) is 5.71 Å². The van der Waals surface area contributed by atoms with E-state index in [9.17, 15) is 0 Å². The van der Waals surface area contributed by atoms with Crippen molar-refractivity contribution in [1.29, 1.82) is 0 Å². The number of hydrogen-bond acceptors (Lipinski definition) is 4. The molecule has 0 aromatic carbocycles. The van der Waals surface area contributed by atoms with Crippen LogP contribution in [0.25, 0.3) is 0 Å². The number of allylic oxidation sites excluding steroid dienone is 2. The van der Waals surface area contributed by atoms with Crippen molar-refractivity contribution in [3.63, 3.8) is 0 Å². The van der Waals surface area contributed by atoms with Crippen LogP contribution in [0.1, 0.15) is 26.7 Å². The summed E-state index contributed by atoms with van der Waals surface area (Å²) in [5, 5.41) is 15.2. The van der Waals surface area contributed by atoms with Gasteiger partial charge < -0.3 is 15.7 Å². The second-order valence-electron chi connectivity index (χ2n) is 4.69. The van der Waals surface area contributed by atoms with Gasteiger partial charge in [-0.1, -0.05) is 12.7 Å². The molecule has 106 valence electrons. The summed E-state index contributed by atoms with van der Waals surface area (Å²) in [6.45, 7) is 10.9. The fourth-order valence-electron chi connectivity index (χ4n) is 1.78. The van der Waals surface area contributed by atoms with E-state index in [1.807, 2.05) is 13.1 Å². The molecule has 3 N–H and O–H groups in total. The topological polar surface area (TPSA) is 56.6 Å². The Bertz CT molecular complexity index is 394. The molecule has 0 spiro atoms. The molecule has 0 unspecified atom stereocenters. The summed E-state index contributed by atoms with van der Waals surface area (Å²) in [6.07, 6.45) is 5.91. The largest absolute Gasteiger partial charge is 0.396 e. The maximum Gasteiger partial charge on any atom is 0.0597 e. The third-order valence-corrected chi connectivity index (χ3v) is 3.13. The molecule has 1 heterocycles. The van der Waals surface area contributed by atoms with Gasteiger partial charge in [-0.25, -0.2) is 0 Å². The molecule has 19 heavy (non-hydrogen) atoms. The lowest BCUT2D eigenvalue weighted by Gasteiger charge is -2.14. The molecule has 0 aliphatic carbocycles. The van der Waals surface area contributed by atoms with Gasteiger partial charge in [0.2, 0.25) is 0 Å². The third kappa shape index (κ3) is 5.85. The zero-order valence-electron chi connectivity index (χ0n) is 12.0. The van der Waals surface area contributed by atoms with Crippen LogP contribution in [0.5, 0.6) is 0 Å². The summed E-state index contributed by atoms with van der Waals surface area (Å²) < 4.78 is 0. The third-order valence-electron chi connectivity index (χ3n) is 3.13. The number of aliphatic imine (C=N–C) groups is 1. The molecule has 0 saturated heterocycles. The molecule has 1 rings (SSSR count). The molecule has 4 nitrogen and oxygen atoms in total. The van der Waals surface area contributed by atoms with E-state index >= 15 is 0 Å². The van der Waals surface area contributed by atoms with Crippen molar-refractivity contribution in [2.24, 2.45) is 4.99 Å². The quantitative estimate of drug-likeness (QED) is 0.484. The summed E-state index contributed by atoms with van der Waals surface area (Å²) in [7, 11) is 0. The average Bonchev–Trinajstić information content (AvgIpc) is 2.45. The zero-order chi connectivity index (χ0) is 14.1. The molecule has 0 saturated carbocycles. The van der Waals surface area contributed by atoms with Crippen molar-refractivity contribution < 1.29 is 5.11 Å². The van der Waals surface area contributed by atoms with Crippen LogP contribution in [-0.2, 0) is 0 Å². The van der Waals surface area contributed by atoms with Crippen molar-refractivity contribution in [2.45, 2.75) is 26.7 Å². The number of nitrogens with zero attached hydrogens (tertiary/aromatic N) is 1. The number of aliphatic hydroxyl groups is 1. The van der Waals surface area contributed by atoms with E-state index in [-0.39, 0.29) is 6.61 Å². The van der Waals surface area contributed by atoms with Crippen LogP contribution in [0, 0.1) is 0 Å². The zero-order valence-corrected chi connectivity index (χ0v) is 12.0. The van der Waals surface area contributed by atoms with Crippen LogP contribution < -0.4 is 10.6 Å². The molecule has 0 fully saturated rings. The Morgan fingerprint density at radius 1 is 1.58 bits per heavy atom. The minimum atomic E-state index is 0.192. The highest BCUT2D eigenvalue weighted by molar-refractivity contribution is 5.97. The van der Waals surface area contributed by atoms with Gasteiger partial charge in [0, 0.05) is 31.6 Å². The summed E-state index contributed by atoms with van der Waals surface area (Å²) >= 11 is 0. The van der Waals surface area contributed by atoms with Crippen molar-refractivity contribution >= 4 is 5.71 Å². The Labute approximate surface area is 116 Å². The lowest BCUT2D eigenvalue weighted by Crippen LogP contribution is -2.21. The van der Waals surface area contributed by atoms with E-state index in [1.165, 1.54) is 11.1 Å². The maximum absolute atomic E-state index is 8.72. The van der Waals surface area contributed by atoms with Gasteiger partial charge >= 0.3 is 0 Å². The highest BCUT2D eigenvalue weighted by atomic mass is 16.3. The van der Waals surface area contributed by atoms with E-state index < -0.39 is 0 Å². The lowest BCUT2D eigenvalue weighted by molar-refractivity contribution is 0.288. The second kappa shape index (κ2) is 8.67. The Balaban J connectivity index is 2.53. The smallest absolute Gasteiger partial charge is 0.0597 e. The monoisotopic (exact) mass is 263 g/mol. The van der Waals surface area contributed by atoms with E-state index in [1.54, 1.807) is 0 Å². The molecule has 1 aliphatic rings. The number of nitrogens with one attached hydrogen (secondary N) is 2. The van der Waals surface area contributed by atoms with Crippen LogP contribution in [0.2, 0.25) is 0 Å². The van der Waals surface area contributed by atoms with Crippen LogP contribution in [0.3, 0.4) is 0 Å². The maximum atomic E-state index is 8.72. The van der Waals surface area contributed by atoms with Gasteiger partial charge in [0.1, 0.15) is 0 Å². The highest BCUT2D eigenvalue weighted by Gasteiger charge is 2.04. The van der Waals surface area contributed by atoms with E-state index in [0.717, 1.165) is 43.9 Å². The molecular weight excluding hydrogens is 238 g/mol. The van der Waals surface area contributed by atoms with Crippen LogP contribution >= 0.6 is 0 Å². The van der Waals surface area contributed by atoms with Crippen LogP contribution in [0.4, 0.5) is 0 Å². The van der Waals surface area contributed by atoms with Gasteiger partial charge in [-0.15, -0.1) is 0 Å². The molecule has 0 bridgehead atoms. The standard InChI is InChI=1S/C15H25N3O/c1-12(15-5-8-16-9-6-15)11-18-14(3)13(2)17-7-4-10-19/h5,11,16-17,19H,2,4,6-10H2,1,3H3/b12-11+,18-14?. The molecular formula is C15H25N3O. The first kappa shape index (κ1) is 15.7. The molecule has 0 amide bonds. The molecule has 0 atom stereocenters. The average molecular weight is 263 g/mol. The minimum absolute atomic E-state index is 0.192. The number of rotatable bonds is 7. The van der Waals surface area contributed by atoms with Gasteiger partial charge in [-0.3, -0.25) is 4.99 Å². The van der Waals surface area contributed by atoms with Gasteiger partial charge in [0.25, 0.3) is 0 Å². The minimum Gasteiger partial charge on any atom is -0.396 e. The van der Waals surface area contributed by atoms with E-state index in [2.05, 4.69) is 35.2 Å². The Morgan fingerprint density at radius 3 is 3.00 bits per heavy atom. The van der Waals surface area contributed by atoms with Gasteiger partial charge in [0.15, 0.2) is 0 Å². The number of aliphatic hydroxyl groups excluding tert-OH is 1.